The fraction of sp³-hybridized carbons (Fsp3) is 0. The highest BCUT2D eigenvalue weighted by Crippen LogP contribution is 2.38. The summed E-state index contributed by atoms with van der Waals surface area (Å²) in [5.74, 6) is 2.53. The maximum Gasteiger partial charge on any atom is 0.170 e. The summed E-state index contributed by atoms with van der Waals surface area (Å²) in [7, 11) is -0.729. The van der Waals surface area contributed by atoms with Crippen LogP contribution in [0.2, 0.25) is 0 Å². The first-order chi connectivity index (χ1) is 18.9. The van der Waals surface area contributed by atoms with E-state index in [4.69, 9.17) is 0 Å². The number of rotatable bonds is 6. The van der Waals surface area contributed by atoms with Gasteiger partial charge >= 0.3 is 0 Å². The first-order valence-corrected chi connectivity index (χ1v) is 14.4. The van der Waals surface area contributed by atoms with E-state index in [1.165, 1.54) is 49.6 Å². The van der Waals surface area contributed by atoms with Crippen LogP contribution in [-0.2, 0) is 0 Å². The molecule has 0 unspecified atom stereocenters. The monoisotopic (exact) mass is 503 g/mol. The van der Waals surface area contributed by atoms with E-state index in [1.54, 1.807) is 0 Å². The van der Waals surface area contributed by atoms with Gasteiger partial charge in [0.15, 0.2) is 18.2 Å². The average Bonchev–Trinajstić information content (AvgIpc) is 3.02. The molecular weight excluding hydrogens is 475 g/mol. The summed E-state index contributed by atoms with van der Waals surface area (Å²) in [4.78, 5) is 0. The van der Waals surface area contributed by atoms with Gasteiger partial charge in [-0.15, -0.1) is 0 Å². The molecule has 0 aliphatic rings. The van der Waals surface area contributed by atoms with Gasteiger partial charge in [-0.3, -0.25) is 0 Å². The molecular formula is C37H28P+. The van der Waals surface area contributed by atoms with Crippen LogP contribution in [0, 0.1) is 0 Å². The second-order valence-electron chi connectivity index (χ2n) is 9.25. The largest absolute Gasteiger partial charge is 0.170 e. The fourth-order valence-corrected chi connectivity index (χ4v) is 7.03. The van der Waals surface area contributed by atoms with Crippen LogP contribution in [0.25, 0.3) is 33.4 Å². The molecule has 0 bridgehead atoms. The number of benzene rings is 6. The Hall–Kier alpha value is -4.51. The summed E-state index contributed by atoms with van der Waals surface area (Å²) < 4.78 is 0. The zero-order chi connectivity index (χ0) is 25.6. The van der Waals surface area contributed by atoms with Crippen molar-refractivity contribution in [2.45, 2.75) is 0 Å². The second-order valence-corrected chi connectivity index (χ2v) is 11.3. The highest BCUT2D eigenvalue weighted by atomic mass is 31.1. The summed E-state index contributed by atoms with van der Waals surface area (Å²) in [5, 5.41) is 2.69. The third kappa shape index (κ3) is 5.14. The quantitative estimate of drug-likeness (QED) is 0.199. The van der Waals surface area contributed by atoms with Crippen molar-refractivity contribution in [1.82, 2.24) is 0 Å². The van der Waals surface area contributed by atoms with Gasteiger partial charge in [-0.25, -0.2) is 0 Å². The van der Waals surface area contributed by atoms with Crippen molar-refractivity contribution in [1.29, 1.82) is 0 Å². The Morgan fingerprint density at radius 2 is 0.684 bits per heavy atom. The van der Waals surface area contributed by atoms with Crippen LogP contribution in [0.5, 0.6) is 0 Å². The molecule has 0 aromatic heterocycles. The van der Waals surface area contributed by atoms with E-state index < -0.39 is 7.55 Å². The van der Waals surface area contributed by atoms with Gasteiger partial charge in [0.05, 0.1) is 0 Å². The molecule has 0 fully saturated rings. The van der Waals surface area contributed by atoms with Crippen LogP contribution < -0.4 is 10.6 Å². The van der Waals surface area contributed by atoms with Crippen molar-refractivity contribution in [2.24, 2.45) is 0 Å². The summed E-state index contributed by atoms with van der Waals surface area (Å²) in [6, 6.07) is 58.9. The highest BCUT2D eigenvalue weighted by Gasteiger charge is 2.22. The molecule has 0 radical (unpaired) electrons. The van der Waals surface area contributed by atoms with E-state index in [0.717, 1.165) is 0 Å². The summed E-state index contributed by atoms with van der Waals surface area (Å²) in [6.45, 7) is 0. The van der Waals surface area contributed by atoms with Crippen LogP contribution in [0.1, 0.15) is 5.56 Å². The van der Waals surface area contributed by atoms with Crippen molar-refractivity contribution >= 4 is 24.0 Å². The Morgan fingerprint density at radius 3 is 1.08 bits per heavy atom. The third-order valence-electron chi connectivity index (χ3n) is 6.78. The molecule has 0 atom stereocenters. The molecule has 0 heterocycles. The molecule has 0 saturated heterocycles. The molecule has 1 heteroatoms. The standard InChI is InChI=1S/C37H28P/c1-6-16-29(17-7-1)32-26-35(30-18-8-2-9-19-30)37(36(27-32)31-20-10-3-11-21-31)28-38(33-22-12-4-13-23-33)34-24-14-5-15-25-34/h1-28H/q+1. The van der Waals surface area contributed by atoms with Gasteiger partial charge in [0.25, 0.3) is 0 Å². The number of hydrogen-bond donors (Lipinski definition) is 0. The lowest BCUT2D eigenvalue weighted by Gasteiger charge is -2.16. The molecule has 6 aromatic rings. The third-order valence-corrected chi connectivity index (χ3v) is 9.01. The van der Waals surface area contributed by atoms with Crippen LogP contribution in [0.4, 0.5) is 0 Å². The minimum absolute atomic E-state index is 0.729. The minimum Gasteiger partial charge on any atom is -0.0622 e. The SMILES string of the molecule is C(c1c(-c2ccccc2)cc(-c2ccccc2)cc1-c1ccccc1)=[P+](c1ccccc1)c1ccccc1. The Bertz CT molecular complexity index is 1550. The van der Waals surface area contributed by atoms with Gasteiger partial charge in [-0.1, -0.05) is 127 Å². The fourth-order valence-electron chi connectivity index (χ4n) is 4.91. The molecule has 6 rings (SSSR count). The maximum absolute atomic E-state index is 2.53. The summed E-state index contributed by atoms with van der Waals surface area (Å²) >= 11 is 0. The van der Waals surface area contributed by atoms with E-state index >= 15 is 0 Å². The summed E-state index contributed by atoms with van der Waals surface area (Å²) in [6.07, 6.45) is 0. The first kappa shape index (κ1) is 23.9. The Balaban J connectivity index is 1.70. The molecule has 6 aromatic carbocycles. The van der Waals surface area contributed by atoms with Crippen molar-refractivity contribution in [2.75, 3.05) is 0 Å². The van der Waals surface area contributed by atoms with E-state index in [2.05, 4.69) is 170 Å². The Morgan fingerprint density at radius 1 is 0.342 bits per heavy atom. The van der Waals surface area contributed by atoms with E-state index in [9.17, 15) is 0 Å². The molecule has 0 nitrogen and oxygen atoms in total. The highest BCUT2D eigenvalue weighted by molar-refractivity contribution is 7.72. The lowest BCUT2D eigenvalue weighted by molar-refractivity contribution is 1.55. The van der Waals surface area contributed by atoms with Crippen LogP contribution in [0.3, 0.4) is 0 Å². The van der Waals surface area contributed by atoms with Crippen molar-refractivity contribution in [3.8, 4) is 33.4 Å². The van der Waals surface area contributed by atoms with Gasteiger partial charge < -0.3 is 0 Å². The lowest BCUT2D eigenvalue weighted by Crippen LogP contribution is -2.09. The second kappa shape index (κ2) is 11.3. The van der Waals surface area contributed by atoms with Crippen molar-refractivity contribution in [3.63, 3.8) is 0 Å². The topological polar surface area (TPSA) is 0 Å². The maximum atomic E-state index is 2.53. The van der Waals surface area contributed by atoms with Gasteiger partial charge in [-0.05, 0) is 69.8 Å². The lowest BCUT2D eigenvalue weighted by atomic mass is 9.88. The number of hydrogen-bond acceptors (Lipinski definition) is 0. The van der Waals surface area contributed by atoms with Crippen molar-refractivity contribution < 1.29 is 0 Å². The predicted molar refractivity (Wildman–Crippen MR) is 167 cm³/mol. The molecule has 38 heavy (non-hydrogen) atoms. The molecule has 0 amide bonds. The van der Waals surface area contributed by atoms with E-state index in [0.29, 0.717) is 0 Å². The van der Waals surface area contributed by atoms with Crippen LogP contribution in [0.15, 0.2) is 164 Å². The Kier molecular flexibility index (Phi) is 7.07. The normalized spacial score (nSPS) is 10.6. The zero-order valence-electron chi connectivity index (χ0n) is 21.1. The van der Waals surface area contributed by atoms with Gasteiger partial charge in [0, 0.05) is 5.56 Å². The first-order valence-electron chi connectivity index (χ1n) is 13.0. The molecule has 0 N–H and O–H groups in total. The molecule has 0 spiro atoms. The van der Waals surface area contributed by atoms with E-state index in [1.807, 2.05) is 0 Å². The molecule has 0 aliphatic carbocycles. The minimum atomic E-state index is -0.729. The smallest absolute Gasteiger partial charge is 0.0622 e. The molecule has 0 saturated carbocycles. The van der Waals surface area contributed by atoms with Crippen molar-refractivity contribution in [3.05, 3.63) is 169 Å². The van der Waals surface area contributed by atoms with Gasteiger partial charge in [0.2, 0.25) is 0 Å². The van der Waals surface area contributed by atoms with Crippen LogP contribution >= 0.6 is 7.55 Å². The molecule has 0 aliphatic heterocycles. The predicted octanol–water partition coefficient (Wildman–Crippen LogP) is 8.97. The molecule has 180 valence electrons. The van der Waals surface area contributed by atoms with Gasteiger partial charge in [0.1, 0.15) is 5.80 Å². The van der Waals surface area contributed by atoms with Gasteiger partial charge in [-0.2, -0.15) is 0 Å². The summed E-state index contributed by atoms with van der Waals surface area (Å²) in [5.41, 5.74) is 8.69. The zero-order valence-corrected chi connectivity index (χ0v) is 22.0. The van der Waals surface area contributed by atoms with E-state index in [-0.39, 0.29) is 0 Å². The average molecular weight is 504 g/mol. The Labute approximate surface area is 226 Å². The van der Waals surface area contributed by atoms with Crippen LogP contribution in [-0.4, -0.2) is 5.80 Å².